The van der Waals surface area contributed by atoms with Crippen molar-refractivity contribution in [1.82, 2.24) is 9.97 Å². The number of Topliss-reactive ketones (excluding diaryl/α,β-unsaturated/α-hetero) is 1. The fourth-order valence-electron chi connectivity index (χ4n) is 5.22. The lowest BCUT2D eigenvalue weighted by molar-refractivity contribution is -0.123. The highest BCUT2D eigenvalue weighted by Crippen LogP contribution is 2.46. The molecular formula is C34H32FN3O5. The molecule has 2 aromatic carbocycles. The topological polar surface area (TPSA) is 125 Å². The molecule has 1 aliphatic carbocycles. The summed E-state index contributed by atoms with van der Waals surface area (Å²) in [7, 11) is 0. The number of benzene rings is 2. The van der Waals surface area contributed by atoms with Crippen molar-refractivity contribution in [2.45, 2.75) is 56.7 Å². The first-order valence-corrected chi connectivity index (χ1v) is 14.3. The molecule has 0 spiro atoms. The lowest BCUT2D eigenvalue weighted by Crippen LogP contribution is -2.40. The number of hydrogen-bond donors (Lipinski definition) is 2. The highest BCUT2D eigenvalue weighted by Gasteiger charge is 2.45. The van der Waals surface area contributed by atoms with Crippen LogP contribution in [-0.4, -0.2) is 39.5 Å². The third-order valence-electron chi connectivity index (χ3n) is 8.24. The van der Waals surface area contributed by atoms with Gasteiger partial charge in [0.2, 0.25) is 5.91 Å². The van der Waals surface area contributed by atoms with E-state index in [-0.39, 0.29) is 37.0 Å². The zero-order valence-electron chi connectivity index (χ0n) is 24.0. The van der Waals surface area contributed by atoms with Crippen molar-refractivity contribution in [3.63, 3.8) is 0 Å². The number of carbonyl (C=O) groups is 2. The molecule has 2 aromatic heterocycles. The average molecular weight is 582 g/mol. The maximum absolute atomic E-state index is 13.7. The molecule has 8 nitrogen and oxygen atoms in total. The second kappa shape index (κ2) is 10.9. The van der Waals surface area contributed by atoms with Crippen LogP contribution in [0.1, 0.15) is 61.1 Å². The number of nitrogens with two attached hydrogens (primary N) is 1. The molecular weight excluding hydrogens is 549 g/mol. The molecule has 1 amide bonds. The third kappa shape index (κ3) is 5.60. The van der Waals surface area contributed by atoms with Crippen molar-refractivity contribution in [3.05, 3.63) is 95.7 Å². The number of aliphatic hydroxyl groups is 1. The molecule has 43 heavy (non-hydrogen) atoms. The average Bonchev–Trinajstić information content (AvgIpc) is 3.76. The van der Waals surface area contributed by atoms with Crippen LogP contribution in [0.2, 0.25) is 0 Å². The molecule has 0 saturated heterocycles. The van der Waals surface area contributed by atoms with Crippen LogP contribution in [0.4, 0.5) is 4.39 Å². The van der Waals surface area contributed by atoms with Gasteiger partial charge in [-0.05, 0) is 93.3 Å². The molecule has 1 aliphatic heterocycles. The zero-order valence-corrected chi connectivity index (χ0v) is 24.0. The van der Waals surface area contributed by atoms with Crippen LogP contribution < -0.4 is 15.2 Å². The molecule has 1 fully saturated rings. The summed E-state index contributed by atoms with van der Waals surface area (Å²) in [6.07, 6.45) is 5.60. The molecule has 220 valence electrons. The van der Waals surface area contributed by atoms with E-state index in [2.05, 4.69) is 4.98 Å². The highest BCUT2D eigenvalue weighted by atomic mass is 19.1. The highest BCUT2D eigenvalue weighted by molar-refractivity contribution is 5.97. The number of rotatable bonds is 10. The summed E-state index contributed by atoms with van der Waals surface area (Å²) in [5, 5.41) is 11.6. The van der Waals surface area contributed by atoms with Gasteiger partial charge in [0.15, 0.2) is 5.78 Å². The smallest absolute Gasteiger partial charge is 0.231 e. The Bertz CT molecular complexity index is 1700. The van der Waals surface area contributed by atoms with Crippen molar-refractivity contribution in [3.8, 4) is 33.9 Å². The minimum absolute atomic E-state index is 0.0123. The Morgan fingerprint density at radius 3 is 2.49 bits per heavy atom. The van der Waals surface area contributed by atoms with Gasteiger partial charge in [-0.1, -0.05) is 6.07 Å². The van der Waals surface area contributed by atoms with Crippen LogP contribution in [0.25, 0.3) is 22.4 Å². The van der Waals surface area contributed by atoms with Crippen LogP contribution >= 0.6 is 0 Å². The summed E-state index contributed by atoms with van der Waals surface area (Å²) >= 11 is 0. The van der Waals surface area contributed by atoms with E-state index in [4.69, 9.17) is 20.2 Å². The van der Waals surface area contributed by atoms with Crippen molar-refractivity contribution < 1.29 is 28.6 Å². The number of ketones is 1. The van der Waals surface area contributed by atoms with E-state index >= 15 is 0 Å². The lowest BCUT2D eigenvalue weighted by Gasteiger charge is -2.26. The van der Waals surface area contributed by atoms with E-state index in [0.717, 1.165) is 24.0 Å². The number of pyridine rings is 2. The second-order valence-corrected chi connectivity index (χ2v) is 11.7. The number of carbonyl (C=O) groups excluding carboxylic acids is 2. The number of amides is 1. The van der Waals surface area contributed by atoms with E-state index in [0.29, 0.717) is 33.9 Å². The van der Waals surface area contributed by atoms with Gasteiger partial charge in [-0.2, -0.15) is 0 Å². The van der Waals surface area contributed by atoms with Gasteiger partial charge in [-0.15, -0.1) is 0 Å². The largest absolute Gasteiger partial charge is 0.490 e. The monoisotopic (exact) mass is 581 g/mol. The molecule has 6 rings (SSSR count). The molecule has 0 unspecified atom stereocenters. The summed E-state index contributed by atoms with van der Waals surface area (Å²) in [6.45, 7) is 3.27. The molecule has 3 heterocycles. The summed E-state index contributed by atoms with van der Waals surface area (Å²) < 4.78 is 25.7. The molecule has 4 aromatic rings. The summed E-state index contributed by atoms with van der Waals surface area (Å²) in [5.74, 6) is -0.151. The number of hydrogen-bond acceptors (Lipinski definition) is 7. The molecule has 9 heteroatoms. The van der Waals surface area contributed by atoms with Crippen molar-refractivity contribution in [1.29, 1.82) is 0 Å². The van der Waals surface area contributed by atoms with E-state index < -0.39 is 22.7 Å². The van der Waals surface area contributed by atoms with Crippen LogP contribution in [0.15, 0.2) is 73.1 Å². The van der Waals surface area contributed by atoms with Gasteiger partial charge in [-0.3, -0.25) is 14.6 Å². The maximum atomic E-state index is 13.7. The number of halogens is 1. The van der Waals surface area contributed by atoms with Crippen LogP contribution in [-0.2, 0) is 15.8 Å². The molecule has 1 saturated carbocycles. The Kier molecular flexibility index (Phi) is 7.22. The quantitative estimate of drug-likeness (QED) is 0.237. The minimum atomic E-state index is -1.55. The lowest BCUT2D eigenvalue weighted by atomic mass is 9.81. The van der Waals surface area contributed by atoms with Gasteiger partial charge in [-0.25, -0.2) is 9.37 Å². The summed E-state index contributed by atoms with van der Waals surface area (Å²) in [6, 6.07) is 16.5. The molecule has 2 aliphatic rings. The minimum Gasteiger partial charge on any atom is -0.490 e. The van der Waals surface area contributed by atoms with Crippen molar-refractivity contribution >= 4 is 11.7 Å². The number of primary amides is 1. The molecule has 0 radical (unpaired) electrons. The normalized spacial score (nSPS) is 18.8. The standard InChI is InChI=1S/C34H32FN3O5/c1-33(32(36)40)19-42-31-26(33)18-29(38-30(31)21-3-6-23(35)7-4-21)34(2,41)14-11-27(39)22-5-10-25(20-12-15-37-16-13-20)28(17-22)43-24-8-9-24/h3-7,10,12-13,15-18,24,41H,8-9,11,14,19H2,1-2H3,(H2,36,40)/t33-,34-/m0/s1. The maximum Gasteiger partial charge on any atom is 0.231 e. The predicted molar refractivity (Wildman–Crippen MR) is 158 cm³/mol. The predicted octanol–water partition coefficient (Wildman–Crippen LogP) is 5.50. The number of fused-ring (bicyclic) bond motifs is 1. The number of aromatic nitrogens is 2. The Labute approximate surface area is 248 Å². The zero-order chi connectivity index (χ0) is 30.4. The Balaban J connectivity index is 1.29. The van der Waals surface area contributed by atoms with Crippen molar-refractivity contribution in [2.75, 3.05) is 6.61 Å². The van der Waals surface area contributed by atoms with Gasteiger partial charge in [0.1, 0.15) is 40.6 Å². The fourth-order valence-corrected chi connectivity index (χ4v) is 5.22. The van der Waals surface area contributed by atoms with E-state index in [1.54, 1.807) is 56.6 Å². The molecule has 0 bridgehead atoms. The van der Waals surface area contributed by atoms with Gasteiger partial charge in [0.25, 0.3) is 0 Å². The van der Waals surface area contributed by atoms with E-state index in [9.17, 15) is 19.1 Å². The third-order valence-corrected chi connectivity index (χ3v) is 8.24. The first-order chi connectivity index (χ1) is 20.5. The Hall–Kier alpha value is -4.63. The SMILES string of the molecule is C[C@](O)(CCC(=O)c1ccc(-c2ccncc2)c(OC2CC2)c1)c1cc2c(c(-c3ccc(F)cc3)n1)OC[C@]2(C)C(N)=O. The van der Waals surface area contributed by atoms with Gasteiger partial charge in [0, 0.05) is 41.1 Å². The molecule has 2 atom stereocenters. The summed E-state index contributed by atoms with van der Waals surface area (Å²) in [4.78, 5) is 34.7. The number of nitrogens with zero attached hydrogens (tertiary/aromatic N) is 2. The fraction of sp³-hybridized carbons (Fsp3) is 0.294. The van der Waals surface area contributed by atoms with Gasteiger partial charge < -0.3 is 20.3 Å². The van der Waals surface area contributed by atoms with Gasteiger partial charge in [0.05, 0.1) is 11.8 Å². The Morgan fingerprint density at radius 1 is 1.09 bits per heavy atom. The molecule has 3 N–H and O–H groups in total. The second-order valence-electron chi connectivity index (χ2n) is 11.7. The number of ether oxygens (including phenoxy) is 2. The van der Waals surface area contributed by atoms with Crippen LogP contribution in [0, 0.1) is 5.82 Å². The van der Waals surface area contributed by atoms with Gasteiger partial charge >= 0.3 is 0 Å². The first-order valence-electron chi connectivity index (χ1n) is 14.3. The Morgan fingerprint density at radius 2 is 1.81 bits per heavy atom. The summed E-state index contributed by atoms with van der Waals surface area (Å²) in [5.41, 5.74) is 7.02. The van der Waals surface area contributed by atoms with Crippen LogP contribution in [0.5, 0.6) is 11.5 Å². The van der Waals surface area contributed by atoms with Crippen LogP contribution in [0.3, 0.4) is 0 Å². The van der Waals surface area contributed by atoms with E-state index in [1.165, 1.54) is 12.1 Å². The van der Waals surface area contributed by atoms with E-state index in [1.807, 2.05) is 18.2 Å². The first kappa shape index (κ1) is 28.5. The van der Waals surface area contributed by atoms with Crippen molar-refractivity contribution in [2.24, 2.45) is 5.73 Å².